The normalized spacial score (nSPS) is 16.4. The first-order valence-corrected chi connectivity index (χ1v) is 9.30. The molecule has 1 aromatic rings. The second-order valence-electron chi connectivity index (χ2n) is 6.03. The average molecular weight is 480 g/mol. The molecule has 1 aliphatic rings. The van der Waals surface area contributed by atoms with E-state index in [1.807, 2.05) is 24.3 Å². The van der Waals surface area contributed by atoms with Crippen LogP contribution in [-0.2, 0) is 6.54 Å². The van der Waals surface area contributed by atoms with Gasteiger partial charge in [-0.15, -0.1) is 24.0 Å². The summed E-state index contributed by atoms with van der Waals surface area (Å²) in [6.45, 7) is 13.6. The first-order chi connectivity index (χ1) is 11.7. The Morgan fingerprint density at radius 1 is 1.12 bits per heavy atom. The summed E-state index contributed by atoms with van der Waals surface area (Å²) in [4.78, 5) is 9.66. The van der Waals surface area contributed by atoms with Gasteiger partial charge in [0.1, 0.15) is 0 Å². The van der Waals surface area contributed by atoms with Crippen molar-refractivity contribution in [2.45, 2.75) is 20.4 Å². The first kappa shape index (κ1) is 22.5. The predicted molar refractivity (Wildman–Crippen MR) is 118 cm³/mol. The second-order valence-corrected chi connectivity index (χ2v) is 6.46. The zero-order valence-corrected chi connectivity index (χ0v) is 18.4. The van der Waals surface area contributed by atoms with E-state index in [9.17, 15) is 0 Å². The number of likely N-dealkylation sites (N-methyl/N-ethyl adjacent to an activating group) is 1. The van der Waals surface area contributed by atoms with Gasteiger partial charge in [0.2, 0.25) is 0 Å². The third kappa shape index (κ3) is 8.57. The summed E-state index contributed by atoms with van der Waals surface area (Å²) in [7, 11) is 0. The van der Waals surface area contributed by atoms with E-state index in [1.165, 1.54) is 13.1 Å². The number of nitrogens with zero attached hydrogens (tertiary/aromatic N) is 3. The fourth-order valence-corrected chi connectivity index (χ4v) is 3.02. The topological polar surface area (TPSA) is 42.9 Å². The Balaban J connectivity index is 0.00000312. The van der Waals surface area contributed by atoms with E-state index in [0.29, 0.717) is 6.54 Å². The number of piperazine rings is 1. The molecule has 0 amide bonds. The number of hydrogen-bond donors (Lipinski definition) is 2. The highest BCUT2D eigenvalue weighted by Gasteiger charge is 2.14. The summed E-state index contributed by atoms with van der Waals surface area (Å²) in [5.41, 5.74) is 1.12. The quantitative estimate of drug-likeness (QED) is 0.358. The van der Waals surface area contributed by atoms with E-state index >= 15 is 0 Å². The molecule has 0 unspecified atom stereocenters. The molecule has 0 bridgehead atoms. The summed E-state index contributed by atoms with van der Waals surface area (Å²) in [6.07, 6.45) is 0. The molecule has 1 saturated heterocycles. The third-order valence-electron chi connectivity index (χ3n) is 4.29. The molecule has 1 aromatic carbocycles. The molecule has 1 heterocycles. The van der Waals surface area contributed by atoms with Crippen molar-refractivity contribution < 1.29 is 0 Å². The predicted octanol–water partition coefficient (Wildman–Crippen LogP) is 2.65. The maximum absolute atomic E-state index is 6.02. The average Bonchev–Trinajstić information content (AvgIpc) is 2.60. The third-order valence-corrected chi connectivity index (χ3v) is 4.52. The molecule has 0 saturated carbocycles. The molecular weight excluding hydrogens is 449 g/mol. The summed E-state index contributed by atoms with van der Waals surface area (Å²) < 4.78 is 0. The number of aliphatic imine (C=N–C) groups is 1. The van der Waals surface area contributed by atoms with Crippen LogP contribution in [0.2, 0.25) is 5.02 Å². The van der Waals surface area contributed by atoms with Crippen LogP contribution in [0.1, 0.15) is 19.4 Å². The molecule has 1 aliphatic heterocycles. The molecule has 5 nitrogen and oxygen atoms in total. The first-order valence-electron chi connectivity index (χ1n) is 8.92. The Kier molecular flexibility index (Phi) is 11.4. The molecule has 0 aromatic heterocycles. The lowest BCUT2D eigenvalue weighted by molar-refractivity contribution is 0.139. The molecule has 0 radical (unpaired) electrons. The molecule has 0 spiro atoms. The minimum absolute atomic E-state index is 0. The highest BCUT2D eigenvalue weighted by Crippen LogP contribution is 2.11. The largest absolute Gasteiger partial charge is 0.357 e. The molecule has 2 rings (SSSR count). The fourth-order valence-electron chi connectivity index (χ4n) is 2.81. The summed E-state index contributed by atoms with van der Waals surface area (Å²) in [6, 6.07) is 7.86. The van der Waals surface area contributed by atoms with Gasteiger partial charge in [0.05, 0.1) is 6.54 Å². The van der Waals surface area contributed by atoms with Gasteiger partial charge in [-0.1, -0.05) is 30.7 Å². The standard InChI is InChI=1S/C18H30ClN5.HI/c1-3-20-18(22-15-16-6-5-7-17(19)14-16)21-8-9-24-12-10-23(4-2)11-13-24;/h5-7,14H,3-4,8-13,15H2,1-2H3,(H2,20,21,22);1H. The van der Waals surface area contributed by atoms with Gasteiger partial charge < -0.3 is 15.5 Å². The Morgan fingerprint density at radius 3 is 2.48 bits per heavy atom. The van der Waals surface area contributed by atoms with Crippen molar-refractivity contribution in [2.24, 2.45) is 4.99 Å². The Hall–Kier alpha value is -0.570. The SMILES string of the molecule is CCNC(=NCc1cccc(Cl)c1)NCCN1CCN(CC)CC1.I. The van der Waals surface area contributed by atoms with Gasteiger partial charge in [-0.05, 0) is 31.2 Å². The lowest BCUT2D eigenvalue weighted by atomic mass is 10.2. The number of guanidine groups is 1. The van der Waals surface area contributed by atoms with Crippen molar-refractivity contribution in [3.05, 3.63) is 34.9 Å². The van der Waals surface area contributed by atoms with Crippen LogP contribution >= 0.6 is 35.6 Å². The van der Waals surface area contributed by atoms with Crippen LogP contribution < -0.4 is 10.6 Å². The lowest BCUT2D eigenvalue weighted by Gasteiger charge is -2.34. The number of rotatable bonds is 7. The van der Waals surface area contributed by atoms with Crippen LogP contribution in [0.5, 0.6) is 0 Å². The van der Waals surface area contributed by atoms with Crippen molar-refractivity contribution in [3.8, 4) is 0 Å². The molecule has 142 valence electrons. The molecule has 0 aliphatic carbocycles. The Morgan fingerprint density at radius 2 is 1.84 bits per heavy atom. The van der Waals surface area contributed by atoms with Crippen molar-refractivity contribution in [1.29, 1.82) is 0 Å². The van der Waals surface area contributed by atoms with Gasteiger partial charge >= 0.3 is 0 Å². The van der Waals surface area contributed by atoms with E-state index in [2.05, 4.69) is 39.3 Å². The van der Waals surface area contributed by atoms with Gasteiger partial charge in [0.15, 0.2) is 5.96 Å². The highest BCUT2D eigenvalue weighted by molar-refractivity contribution is 14.0. The fraction of sp³-hybridized carbons (Fsp3) is 0.611. The molecule has 7 heteroatoms. The number of hydrogen-bond acceptors (Lipinski definition) is 3. The zero-order valence-electron chi connectivity index (χ0n) is 15.3. The number of halogens is 2. The molecule has 2 N–H and O–H groups in total. The van der Waals surface area contributed by atoms with Crippen LogP contribution in [0.15, 0.2) is 29.3 Å². The Labute approximate surface area is 174 Å². The van der Waals surface area contributed by atoms with Crippen LogP contribution in [0.4, 0.5) is 0 Å². The maximum atomic E-state index is 6.02. The lowest BCUT2D eigenvalue weighted by Crippen LogP contribution is -2.49. The Bertz CT molecular complexity index is 518. The summed E-state index contributed by atoms with van der Waals surface area (Å²) >= 11 is 6.02. The van der Waals surface area contributed by atoms with Crippen molar-refractivity contribution in [1.82, 2.24) is 20.4 Å². The molecule has 0 atom stereocenters. The van der Waals surface area contributed by atoms with Gasteiger partial charge in [0.25, 0.3) is 0 Å². The van der Waals surface area contributed by atoms with Gasteiger partial charge in [-0.3, -0.25) is 4.90 Å². The smallest absolute Gasteiger partial charge is 0.191 e. The molecule has 1 fully saturated rings. The van der Waals surface area contributed by atoms with Crippen LogP contribution in [0.25, 0.3) is 0 Å². The van der Waals surface area contributed by atoms with Gasteiger partial charge in [0, 0.05) is 50.8 Å². The van der Waals surface area contributed by atoms with Crippen molar-refractivity contribution in [2.75, 3.05) is 52.4 Å². The second kappa shape index (κ2) is 12.7. The van der Waals surface area contributed by atoms with Gasteiger partial charge in [-0.2, -0.15) is 0 Å². The molecule has 25 heavy (non-hydrogen) atoms. The van der Waals surface area contributed by atoms with E-state index in [-0.39, 0.29) is 24.0 Å². The molecular formula is C18H31ClIN5. The maximum Gasteiger partial charge on any atom is 0.191 e. The van der Waals surface area contributed by atoms with Crippen molar-refractivity contribution >= 4 is 41.5 Å². The van der Waals surface area contributed by atoms with E-state index in [0.717, 1.165) is 55.8 Å². The summed E-state index contributed by atoms with van der Waals surface area (Å²) in [5, 5.41) is 7.49. The number of benzene rings is 1. The van der Waals surface area contributed by atoms with Crippen LogP contribution in [-0.4, -0.2) is 68.1 Å². The summed E-state index contributed by atoms with van der Waals surface area (Å²) in [5.74, 6) is 0.865. The van der Waals surface area contributed by atoms with Crippen LogP contribution in [0, 0.1) is 0 Å². The van der Waals surface area contributed by atoms with Gasteiger partial charge in [-0.25, -0.2) is 4.99 Å². The van der Waals surface area contributed by atoms with E-state index in [4.69, 9.17) is 11.6 Å². The minimum atomic E-state index is 0. The highest BCUT2D eigenvalue weighted by atomic mass is 127. The van der Waals surface area contributed by atoms with Crippen molar-refractivity contribution in [3.63, 3.8) is 0 Å². The van der Waals surface area contributed by atoms with E-state index < -0.39 is 0 Å². The number of nitrogens with one attached hydrogen (secondary N) is 2. The minimum Gasteiger partial charge on any atom is -0.357 e. The van der Waals surface area contributed by atoms with Crippen LogP contribution in [0.3, 0.4) is 0 Å². The monoisotopic (exact) mass is 479 g/mol. The van der Waals surface area contributed by atoms with E-state index in [1.54, 1.807) is 0 Å². The zero-order chi connectivity index (χ0) is 17.2.